The summed E-state index contributed by atoms with van der Waals surface area (Å²) < 4.78 is 2.30. The Morgan fingerprint density at radius 1 is 1.27 bits per heavy atom. The molecule has 3 rings (SSSR count). The first kappa shape index (κ1) is 9.25. The van der Waals surface area contributed by atoms with E-state index in [9.17, 15) is 0 Å². The SMILES string of the molecule is c1cn(C2CC2)c(NCC2CCCC2)n1. The second-order valence-corrected chi connectivity index (χ2v) is 4.92. The number of rotatable bonds is 4. The third kappa shape index (κ3) is 2.01. The van der Waals surface area contributed by atoms with E-state index in [2.05, 4.69) is 21.1 Å². The lowest BCUT2D eigenvalue weighted by Gasteiger charge is -2.12. The van der Waals surface area contributed by atoms with Gasteiger partial charge in [-0.25, -0.2) is 4.98 Å². The number of hydrogen-bond acceptors (Lipinski definition) is 2. The molecular weight excluding hydrogens is 186 g/mol. The van der Waals surface area contributed by atoms with Crippen LogP contribution in [0.5, 0.6) is 0 Å². The fourth-order valence-electron chi connectivity index (χ4n) is 2.55. The molecular formula is C12H19N3. The molecule has 1 N–H and O–H groups in total. The number of aromatic nitrogens is 2. The van der Waals surface area contributed by atoms with Gasteiger partial charge in [0.1, 0.15) is 0 Å². The van der Waals surface area contributed by atoms with E-state index in [0.29, 0.717) is 0 Å². The van der Waals surface area contributed by atoms with E-state index >= 15 is 0 Å². The predicted molar refractivity (Wildman–Crippen MR) is 60.9 cm³/mol. The molecule has 0 bridgehead atoms. The molecule has 1 aromatic heterocycles. The molecule has 0 unspecified atom stereocenters. The molecule has 1 heterocycles. The first-order valence-electron chi connectivity index (χ1n) is 6.20. The molecule has 2 saturated carbocycles. The zero-order chi connectivity index (χ0) is 10.1. The van der Waals surface area contributed by atoms with Crippen molar-refractivity contribution in [2.75, 3.05) is 11.9 Å². The number of nitrogens with zero attached hydrogens (tertiary/aromatic N) is 2. The average Bonchev–Trinajstić information content (AvgIpc) is 2.81. The van der Waals surface area contributed by atoms with Crippen LogP contribution in [0.4, 0.5) is 5.95 Å². The van der Waals surface area contributed by atoms with E-state index in [1.54, 1.807) is 0 Å². The lowest BCUT2D eigenvalue weighted by molar-refractivity contribution is 0.574. The summed E-state index contributed by atoms with van der Waals surface area (Å²) in [6, 6.07) is 0.735. The first-order chi connectivity index (χ1) is 7.43. The van der Waals surface area contributed by atoms with Gasteiger partial charge in [-0.05, 0) is 31.6 Å². The summed E-state index contributed by atoms with van der Waals surface area (Å²) in [7, 11) is 0. The quantitative estimate of drug-likeness (QED) is 0.819. The number of anilines is 1. The Morgan fingerprint density at radius 3 is 2.80 bits per heavy atom. The van der Waals surface area contributed by atoms with Crippen molar-refractivity contribution in [1.29, 1.82) is 0 Å². The molecule has 15 heavy (non-hydrogen) atoms. The molecule has 2 fully saturated rings. The van der Waals surface area contributed by atoms with Gasteiger partial charge in [-0.15, -0.1) is 0 Å². The van der Waals surface area contributed by atoms with E-state index in [1.807, 2.05) is 6.20 Å². The fourth-order valence-corrected chi connectivity index (χ4v) is 2.55. The number of imidazole rings is 1. The van der Waals surface area contributed by atoms with Crippen LogP contribution in [-0.4, -0.2) is 16.1 Å². The van der Waals surface area contributed by atoms with Crippen LogP contribution in [0.1, 0.15) is 44.6 Å². The van der Waals surface area contributed by atoms with Crippen LogP contribution in [0.2, 0.25) is 0 Å². The van der Waals surface area contributed by atoms with Crippen LogP contribution in [0.15, 0.2) is 12.4 Å². The average molecular weight is 205 g/mol. The molecule has 0 aliphatic heterocycles. The molecule has 0 amide bonds. The van der Waals surface area contributed by atoms with Crippen LogP contribution in [0.25, 0.3) is 0 Å². The van der Waals surface area contributed by atoms with Crippen molar-refractivity contribution >= 4 is 5.95 Å². The molecule has 1 aromatic rings. The van der Waals surface area contributed by atoms with E-state index in [0.717, 1.165) is 24.5 Å². The van der Waals surface area contributed by atoms with E-state index in [4.69, 9.17) is 0 Å². The van der Waals surface area contributed by atoms with Crippen LogP contribution in [0.3, 0.4) is 0 Å². The zero-order valence-corrected chi connectivity index (χ0v) is 9.15. The summed E-state index contributed by atoms with van der Waals surface area (Å²) in [6.45, 7) is 1.11. The molecule has 82 valence electrons. The van der Waals surface area contributed by atoms with Gasteiger partial charge < -0.3 is 9.88 Å². The van der Waals surface area contributed by atoms with Gasteiger partial charge in [-0.2, -0.15) is 0 Å². The van der Waals surface area contributed by atoms with Gasteiger partial charge in [-0.1, -0.05) is 12.8 Å². The van der Waals surface area contributed by atoms with Crippen molar-refractivity contribution in [3.63, 3.8) is 0 Å². The third-order valence-electron chi connectivity index (χ3n) is 3.63. The molecule has 3 heteroatoms. The Morgan fingerprint density at radius 2 is 2.07 bits per heavy atom. The van der Waals surface area contributed by atoms with Gasteiger partial charge in [0.25, 0.3) is 0 Å². The maximum atomic E-state index is 4.39. The fraction of sp³-hybridized carbons (Fsp3) is 0.750. The summed E-state index contributed by atoms with van der Waals surface area (Å²) in [5, 5.41) is 3.51. The second-order valence-electron chi connectivity index (χ2n) is 4.92. The highest BCUT2D eigenvalue weighted by molar-refractivity contribution is 5.27. The third-order valence-corrected chi connectivity index (χ3v) is 3.63. The van der Waals surface area contributed by atoms with Crippen molar-refractivity contribution in [2.45, 2.75) is 44.6 Å². The van der Waals surface area contributed by atoms with Crippen molar-refractivity contribution in [2.24, 2.45) is 5.92 Å². The number of hydrogen-bond donors (Lipinski definition) is 1. The highest BCUT2D eigenvalue weighted by atomic mass is 15.2. The van der Waals surface area contributed by atoms with Crippen LogP contribution in [-0.2, 0) is 0 Å². The van der Waals surface area contributed by atoms with Crippen molar-refractivity contribution in [1.82, 2.24) is 9.55 Å². The van der Waals surface area contributed by atoms with Crippen molar-refractivity contribution in [3.05, 3.63) is 12.4 Å². The number of nitrogens with one attached hydrogen (secondary N) is 1. The Balaban J connectivity index is 1.58. The normalized spacial score (nSPS) is 22.1. The minimum absolute atomic E-state index is 0.735. The van der Waals surface area contributed by atoms with Crippen LogP contribution in [0, 0.1) is 5.92 Å². The summed E-state index contributed by atoms with van der Waals surface area (Å²) >= 11 is 0. The maximum Gasteiger partial charge on any atom is 0.203 e. The van der Waals surface area contributed by atoms with Gasteiger partial charge >= 0.3 is 0 Å². The molecule has 2 aliphatic rings. The van der Waals surface area contributed by atoms with Gasteiger partial charge in [-0.3, -0.25) is 0 Å². The van der Waals surface area contributed by atoms with Crippen molar-refractivity contribution in [3.8, 4) is 0 Å². The van der Waals surface area contributed by atoms with Gasteiger partial charge in [0.2, 0.25) is 5.95 Å². The minimum atomic E-state index is 0.735. The Kier molecular flexibility index (Phi) is 2.39. The molecule has 0 radical (unpaired) electrons. The van der Waals surface area contributed by atoms with E-state index in [-0.39, 0.29) is 0 Å². The summed E-state index contributed by atoms with van der Waals surface area (Å²) in [6.07, 6.45) is 12.3. The molecule has 3 nitrogen and oxygen atoms in total. The molecule has 2 aliphatic carbocycles. The minimum Gasteiger partial charge on any atom is -0.355 e. The Labute approximate surface area is 90.9 Å². The van der Waals surface area contributed by atoms with Crippen LogP contribution >= 0.6 is 0 Å². The largest absolute Gasteiger partial charge is 0.355 e. The van der Waals surface area contributed by atoms with Gasteiger partial charge in [0.05, 0.1) is 0 Å². The summed E-state index contributed by atoms with van der Waals surface area (Å²) in [4.78, 5) is 4.39. The first-order valence-corrected chi connectivity index (χ1v) is 6.20. The van der Waals surface area contributed by atoms with Crippen LogP contribution < -0.4 is 5.32 Å². The smallest absolute Gasteiger partial charge is 0.203 e. The molecule has 0 atom stereocenters. The summed E-state index contributed by atoms with van der Waals surface area (Å²) in [5.74, 6) is 1.97. The maximum absolute atomic E-state index is 4.39. The second kappa shape index (κ2) is 3.87. The molecule has 0 aromatic carbocycles. The summed E-state index contributed by atoms with van der Waals surface area (Å²) in [5.41, 5.74) is 0. The lowest BCUT2D eigenvalue weighted by atomic mass is 10.1. The van der Waals surface area contributed by atoms with E-state index < -0.39 is 0 Å². The Hall–Kier alpha value is -0.990. The molecule has 0 spiro atoms. The lowest BCUT2D eigenvalue weighted by Crippen LogP contribution is -2.14. The van der Waals surface area contributed by atoms with Gasteiger partial charge in [0.15, 0.2) is 0 Å². The van der Waals surface area contributed by atoms with Crippen molar-refractivity contribution < 1.29 is 0 Å². The van der Waals surface area contributed by atoms with E-state index in [1.165, 1.54) is 38.5 Å². The highest BCUT2D eigenvalue weighted by Gasteiger charge is 2.25. The standard InChI is InChI=1S/C12H19N3/c1-2-4-10(3-1)9-14-12-13-7-8-15(12)11-5-6-11/h7-8,10-11H,1-6,9H2,(H,13,14). The van der Waals surface area contributed by atoms with Gasteiger partial charge in [0, 0.05) is 25.0 Å². The monoisotopic (exact) mass is 205 g/mol. The zero-order valence-electron chi connectivity index (χ0n) is 9.15. The highest BCUT2D eigenvalue weighted by Crippen LogP contribution is 2.36. The topological polar surface area (TPSA) is 29.9 Å². The predicted octanol–water partition coefficient (Wildman–Crippen LogP) is 2.82. The molecule has 0 saturated heterocycles. The Bertz CT molecular complexity index is 321.